The topological polar surface area (TPSA) is 6.48 Å². The molecule has 0 fully saturated rings. The van der Waals surface area contributed by atoms with Crippen molar-refractivity contribution in [1.29, 1.82) is 0 Å². The molecule has 0 spiro atoms. The fraction of sp³-hybridized carbons (Fsp3) is 1.00. The molecule has 0 atom stereocenters. The fourth-order valence-electron chi connectivity index (χ4n) is 0.645. The Morgan fingerprint density at radius 2 is 1.36 bits per heavy atom. The predicted octanol–water partition coefficient (Wildman–Crippen LogP) is 1.30. The summed E-state index contributed by atoms with van der Waals surface area (Å²) < 4.78 is 2.48. The first-order valence-electron chi connectivity index (χ1n) is 4.02. The van der Waals surface area contributed by atoms with Crippen LogP contribution in [0.5, 0.6) is 0 Å². The summed E-state index contributed by atoms with van der Waals surface area (Å²) >= 11 is 0. The van der Waals surface area contributed by atoms with Gasteiger partial charge in [0.25, 0.3) is 0 Å². The molecule has 0 aliphatic rings. The molecule has 3 heteroatoms. The Morgan fingerprint density at radius 3 is 1.64 bits per heavy atom. The Labute approximate surface area is 72.0 Å². The summed E-state index contributed by atoms with van der Waals surface area (Å²) in [4.78, 5) is 2.23. The minimum absolute atomic E-state index is 0.756. The minimum atomic E-state index is -0.756. The molecule has 0 aliphatic heterocycles. The van der Waals surface area contributed by atoms with Crippen molar-refractivity contribution in [3.63, 3.8) is 0 Å². The van der Waals surface area contributed by atoms with Crippen LogP contribution < -0.4 is 0 Å². The maximum atomic E-state index is 2.48. The SMILES string of the molecule is CN(C)CCN(C)[P+](C)(C)C. The van der Waals surface area contributed by atoms with Gasteiger partial charge in [0.1, 0.15) is 0 Å². The van der Waals surface area contributed by atoms with Crippen molar-refractivity contribution in [3.8, 4) is 0 Å². The molecular formula is C8H22N2P+. The highest BCUT2D eigenvalue weighted by Crippen LogP contribution is 2.49. The molecule has 0 aromatic rings. The molecule has 68 valence electrons. The zero-order valence-electron chi connectivity index (χ0n) is 8.76. The van der Waals surface area contributed by atoms with Crippen molar-refractivity contribution in [3.05, 3.63) is 0 Å². The maximum absolute atomic E-state index is 2.48. The van der Waals surface area contributed by atoms with Gasteiger partial charge in [0.05, 0.1) is 27.4 Å². The second-order valence-electron chi connectivity index (χ2n) is 4.13. The lowest BCUT2D eigenvalue weighted by molar-refractivity contribution is 0.367. The number of hydrogen-bond donors (Lipinski definition) is 0. The van der Waals surface area contributed by atoms with E-state index in [9.17, 15) is 0 Å². The van der Waals surface area contributed by atoms with E-state index in [4.69, 9.17) is 0 Å². The Morgan fingerprint density at radius 1 is 0.909 bits per heavy atom. The number of nitrogens with zero attached hydrogens (tertiary/aromatic N) is 2. The van der Waals surface area contributed by atoms with Crippen LogP contribution in [0, 0.1) is 0 Å². The number of likely N-dealkylation sites (N-methyl/N-ethyl adjacent to an activating group) is 2. The van der Waals surface area contributed by atoms with Crippen molar-refractivity contribution >= 4 is 7.41 Å². The van der Waals surface area contributed by atoms with Crippen LogP contribution in [0.2, 0.25) is 0 Å². The van der Waals surface area contributed by atoms with Crippen LogP contribution in [0.25, 0.3) is 0 Å². The van der Waals surface area contributed by atoms with Gasteiger partial charge in [-0.3, -0.25) is 0 Å². The Balaban J connectivity index is 3.61. The van der Waals surface area contributed by atoms with Gasteiger partial charge in [0, 0.05) is 20.1 Å². The fourth-order valence-corrected chi connectivity index (χ4v) is 1.33. The molecule has 0 aromatic carbocycles. The predicted molar refractivity (Wildman–Crippen MR) is 55.9 cm³/mol. The van der Waals surface area contributed by atoms with Gasteiger partial charge in [0.2, 0.25) is 0 Å². The largest absolute Gasteiger partial charge is 0.308 e. The van der Waals surface area contributed by atoms with E-state index in [1.165, 1.54) is 6.54 Å². The van der Waals surface area contributed by atoms with Gasteiger partial charge in [-0.05, 0) is 14.1 Å². The van der Waals surface area contributed by atoms with Gasteiger partial charge >= 0.3 is 0 Å². The van der Waals surface area contributed by atoms with Crippen molar-refractivity contribution in [2.45, 2.75) is 0 Å². The van der Waals surface area contributed by atoms with Gasteiger partial charge < -0.3 is 4.90 Å². The molecule has 0 aliphatic carbocycles. The molecule has 0 radical (unpaired) electrons. The second kappa shape index (κ2) is 4.39. The molecule has 0 heterocycles. The summed E-state index contributed by atoms with van der Waals surface area (Å²) in [6, 6.07) is 0. The molecule has 0 amide bonds. The van der Waals surface area contributed by atoms with E-state index >= 15 is 0 Å². The summed E-state index contributed by atoms with van der Waals surface area (Å²) in [5, 5.41) is 0. The first kappa shape index (κ1) is 11.4. The zero-order valence-corrected chi connectivity index (χ0v) is 9.65. The van der Waals surface area contributed by atoms with Crippen molar-refractivity contribution in [1.82, 2.24) is 9.57 Å². The highest BCUT2D eigenvalue weighted by molar-refractivity contribution is 7.71. The molecule has 11 heavy (non-hydrogen) atoms. The standard InChI is InChI=1S/C8H22N2P/c1-9(2)7-8-10(3)11(4,5)6/h7-8H2,1-6H3/q+1. The molecule has 0 bridgehead atoms. The van der Waals surface area contributed by atoms with E-state index in [0.29, 0.717) is 0 Å². The van der Waals surface area contributed by atoms with Crippen LogP contribution in [0.3, 0.4) is 0 Å². The molecule has 0 aromatic heterocycles. The molecular weight excluding hydrogens is 155 g/mol. The lowest BCUT2D eigenvalue weighted by Crippen LogP contribution is -2.27. The van der Waals surface area contributed by atoms with Crippen LogP contribution in [0.15, 0.2) is 0 Å². The van der Waals surface area contributed by atoms with Crippen molar-refractivity contribution in [2.24, 2.45) is 0 Å². The monoisotopic (exact) mass is 177 g/mol. The van der Waals surface area contributed by atoms with Crippen LogP contribution in [0.4, 0.5) is 0 Å². The Kier molecular flexibility index (Phi) is 4.53. The third-order valence-electron chi connectivity index (χ3n) is 1.90. The molecule has 0 N–H and O–H groups in total. The maximum Gasteiger partial charge on any atom is 0.0738 e. The first-order chi connectivity index (χ1) is 4.84. The Hall–Kier alpha value is 0.350. The number of rotatable bonds is 4. The average molecular weight is 177 g/mol. The molecule has 2 nitrogen and oxygen atoms in total. The highest BCUT2D eigenvalue weighted by Gasteiger charge is 2.23. The van der Waals surface area contributed by atoms with Crippen LogP contribution in [0.1, 0.15) is 0 Å². The minimum Gasteiger partial charge on any atom is -0.308 e. The number of hydrogen-bond acceptors (Lipinski definition) is 2. The summed E-state index contributed by atoms with van der Waals surface area (Å²) in [5.74, 6) is 0. The smallest absolute Gasteiger partial charge is 0.0738 e. The highest BCUT2D eigenvalue weighted by atomic mass is 31.2. The van der Waals surface area contributed by atoms with Crippen LogP contribution in [-0.4, -0.2) is 63.8 Å². The van der Waals surface area contributed by atoms with E-state index in [0.717, 1.165) is 6.54 Å². The van der Waals surface area contributed by atoms with Gasteiger partial charge in [-0.15, -0.1) is 0 Å². The molecule has 0 saturated heterocycles. The van der Waals surface area contributed by atoms with E-state index in [2.05, 4.69) is 50.7 Å². The molecule has 0 rings (SSSR count). The summed E-state index contributed by atoms with van der Waals surface area (Å²) in [6.07, 6.45) is 0. The van der Waals surface area contributed by atoms with Gasteiger partial charge in [-0.2, -0.15) is 4.67 Å². The molecule has 0 saturated carbocycles. The summed E-state index contributed by atoms with van der Waals surface area (Å²) in [5.41, 5.74) is 0. The van der Waals surface area contributed by atoms with Gasteiger partial charge in [-0.1, -0.05) is 0 Å². The van der Waals surface area contributed by atoms with E-state index in [1.807, 2.05) is 0 Å². The summed E-state index contributed by atoms with van der Waals surface area (Å²) in [7, 11) is 5.70. The quantitative estimate of drug-likeness (QED) is 0.597. The average Bonchev–Trinajstić information content (AvgIpc) is 1.80. The van der Waals surface area contributed by atoms with Gasteiger partial charge in [-0.25, -0.2) is 0 Å². The van der Waals surface area contributed by atoms with Crippen molar-refractivity contribution in [2.75, 3.05) is 54.2 Å². The lowest BCUT2D eigenvalue weighted by atomic mass is 10.6. The van der Waals surface area contributed by atoms with E-state index < -0.39 is 7.41 Å². The van der Waals surface area contributed by atoms with Crippen molar-refractivity contribution < 1.29 is 0 Å². The van der Waals surface area contributed by atoms with Crippen LogP contribution in [-0.2, 0) is 0 Å². The third-order valence-corrected chi connectivity index (χ3v) is 4.14. The van der Waals surface area contributed by atoms with E-state index in [-0.39, 0.29) is 0 Å². The lowest BCUT2D eigenvalue weighted by Gasteiger charge is -2.25. The first-order valence-corrected chi connectivity index (χ1v) is 7.10. The van der Waals surface area contributed by atoms with Crippen LogP contribution >= 0.6 is 7.41 Å². The normalized spacial score (nSPS) is 13.1. The molecule has 0 unspecified atom stereocenters. The zero-order chi connectivity index (χ0) is 9.07. The second-order valence-corrected chi connectivity index (χ2v) is 8.69. The Bertz CT molecular complexity index is 107. The third kappa shape index (κ3) is 5.60. The van der Waals surface area contributed by atoms with E-state index in [1.54, 1.807) is 0 Å². The summed E-state index contributed by atoms with van der Waals surface area (Å²) in [6.45, 7) is 9.39. The van der Waals surface area contributed by atoms with Gasteiger partial charge in [0.15, 0.2) is 0 Å².